The largest absolute Gasteiger partial charge is 0.384 e. The predicted molar refractivity (Wildman–Crippen MR) is 225 cm³/mol. The number of nitrogens with one attached hydrogen (secondary N) is 2. The van der Waals surface area contributed by atoms with E-state index in [-0.39, 0.29) is 17.2 Å². The number of carbonyl (C=O) groups is 1. The van der Waals surface area contributed by atoms with Gasteiger partial charge in [-0.1, -0.05) is 41.4 Å². The van der Waals surface area contributed by atoms with Crippen LogP contribution in [0.25, 0.3) is 22.3 Å². The molecule has 8 nitrogen and oxygen atoms in total. The molecule has 0 saturated carbocycles. The second-order valence-electron chi connectivity index (χ2n) is 13.0. The molecule has 8 rings (SSSR count). The summed E-state index contributed by atoms with van der Waals surface area (Å²) in [6, 6.07) is 30.9. The summed E-state index contributed by atoms with van der Waals surface area (Å²) in [5.74, 6) is -2.41. The lowest BCUT2D eigenvalue weighted by Gasteiger charge is -2.15. The van der Waals surface area contributed by atoms with E-state index in [1.165, 1.54) is 30.6 Å². The van der Waals surface area contributed by atoms with Crippen LogP contribution in [0.2, 0.25) is 10.0 Å². The monoisotopic (exact) mass is 844 g/mol. The van der Waals surface area contributed by atoms with E-state index < -0.39 is 29.4 Å². The Labute approximate surface area is 351 Å². The molecule has 0 saturated heterocycles. The van der Waals surface area contributed by atoms with E-state index in [4.69, 9.17) is 23.2 Å². The lowest BCUT2D eigenvalue weighted by atomic mass is 9.98. The van der Waals surface area contributed by atoms with E-state index in [0.717, 1.165) is 46.5 Å². The molecule has 4 heterocycles. The number of benzene rings is 4. The van der Waals surface area contributed by atoms with Crippen LogP contribution in [0.1, 0.15) is 33.2 Å². The van der Waals surface area contributed by atoms with Crippen molar-refractivity contribution in [3.63, 3.8) is 0 Å². The molecule has 0 aliphatic rings. The van der Waals surface area contributed by atoms with Crippen molar-refractivity contribution in [2.24, 2.45) is 0 Å². The van der Waals surface area contributed by atoms with Gasteiger partial charge in [0.1, 0.15) is 41.0 Å². The van der Waals surface area contributed by atoms with Crippen LogP contribution in [0, 0.1) is 23.3 Å². The third-order valence-corrected chi connectivity index (χ3v) is 9.72. The second-order valence-corrected chi connectivity index (χ2v) is 13.9. The van der Waals surface area contributed by atoms with Gasteiger partial charge in [-0.05, 0) is 113 Å². The molecule has 3 N–H and O–H groups in total. The molecule has 0 aliphatic heterocycles. The molecular formula is C46H30Cl2F4N6O2. The van der Waals surface area contributed by atoms with Gasteiger partial charge in [-0.15, -0.1) is 0 Å². The molecule has 298 valence electrons. The molecule has 0 aliphatic carbocycles. The average molecular weight is 846 g/mol. The normalized spacial score (nSPS) is 11.2. The summed E-state index contributed by atoms with van der Waals surface area (Å²) in [6.45, 7) is 0. The van der Waals surface area contributed by atoms with E-state index in [0.29, 0.717) is 43.9 Å². The average Bonchev–Trinajstić information content (AvgIpc) is 3.27. The van der Waals surface area contributed by atoms with Crippen LogP contribution in [0.4, 0.5) is 40.6 Å². The van der Waals surface area contributed by atoms with Crippen molar-refractivity contribution in [2.75, 3.05) is 10.6 Å². The maximum Gasteiger partial charge on any atom is 0.196 e. The third-order valence-electron chi connectivity index (χ3n) is 9.04. The van der Waals surface area contributed by atoms with Gasteiger partial charge in [-0.2, -0.15) is 0 Å². The zero-order chi connectivity index (χ0) is 42.2. The quantitative estimate of drug-likeness (QED) is 0.0921. The predicted octanol–water partition coefficient (Wildman–Crippen LogP) is 12.0. The molecule has 4 aromatic heterocycles. The number of halogens is 6. The Morgan fingerprint density at radius 2 is 1.07 bits per heavy atom. The highest BCUT2D eigenvalue weighted by molar-refractivity contribution is 6.35. The second kappa shape index (κ2) is 18.7. The number of aliphatic hydroxyl groups is 1. The van der Waals surface area contributed by atoms with Gasteiger partial charge >= 0.3 is 0 Å². The zero-order valence-electron chi connectivity index (χ0n) is 31.0. The van der Waals surface area contributed by atoms with Gasteiger partial charge in [-0.25, -0.2) is 27.5 Å². The Kier molecular flexibility index (Phi) is 12.9. The number of anilines is 4. The van der Waals surface area contributed by atoms with E-state index >= 15 is 0 Å². The topological polar surface area (TPSA) is 113 Å². The molecule has 60 heavy (non-hydrogen) atoms. The molecule has 1 atom stereocenters. The number of hydrogen-bond donors (Lipinski definition) is 3. The molecule has 0 amide bonds. The minimum Gasteiger partial charge on any atom is -0.384 e. The fourth-order valence-corrected chi connectivity index (χ4v) is 6.36. The summed E-state index contributed by atoms with van der Waals surface area (Å²) >= 11 is 12.6. The number of ketones is 1. The highest BCUT2D eigenvalue weighted by Gasteiger charge is 2.18. The number of pyridine rings is 4. The van der Waals surface area contributed by atoms with Crippen LogP contribution >= 0.6 is 23.2 Å². The van der Waals surface area contributed by atoms with Crippen molar-refractivity contribution in [3.05, 3.63) is 214 Å². The number of aliphatic hydroxyl groups excluding tert-OH is 1. The number of hydrogen-bond acceptors (Lipinski definition) is 8. The summed E-state index contributed by atoms with van der Waals surface area (Å²) in [6.07, 6.45) is 8.59. The van der Waals surface area contributed by atoms with Crippen molar-refractivity contribution >= 4 is 52.0 Å². The van der Waals surface area contributed by atoms with Gasteiger partial charge in [0.25, 0.3) is 0 Å². The molecule has 14 heteroatoms. The van der Waals surface area contributed by atoms with Crippen molar-refractivity contribution in [1.82, 2.24) is 19.9 Å². The Hall–Kier alpha value is -6.99. The van der Waals surface area contributed by atoms with Crippen LogP contribution in [0.5, 0.6) is 0 Å². The molecule has 0 fully saturated rings. The maximum atomic E-state index is 13.8. The Morgan fingerprint density at radius 1 is 0.550 bits per heavy atom. The fraction of sp³-hybridized carbons (Fsp3) is 0.0217. The number of nitrogens with zero attached hydrogens (tertiary/aromatic N) is 4. The smallest absolute Gasteiger partial charge is 0.196 e. The molecule has 0 spiro atoms. The van der Waals surface area contributed by atoms with Crippen molar-refractivity contribution in [2.45, 2.75) is 6.10 Å². The first-order valence-corrected chi connectivity index (χ1v) is 18.8. The molecule has 8 aromatic rings. The number of aromatic nitrogens is 4. The first-order chi connectivity index (χ1) is 29.0. The highest BCUT2D eigenvalue weighted by Crippen LogP contribution is 2.33. The zero-order valence-corrected chi connectivity index (χ0v) is 32.5. The highest BCUT2D eigenvalue weighted by atomic mass is 35.5. The van der Waals surface area contributed by atoms with Gasteiger partial charge in [-0.3, -0.25) is 14.8 Å². The summed E-state index contributed by atoms with van der Waals surface area (Å²) in [4.78, 5) is 29.3. The SMILES string of the molecule is O=C(c1ccc(Nc2ccc(F)cc2F)nc1)c1cc(-c2ccncc2)ccc1Cl.OC(c1ccc(Nc2ccc(F)cc2F)nc1)c1cc(-c2ccncc2)ccc1Cl. The molecule has 0 bridgehead atoms. The lowest BCUT2D eigenvalue weighted by Crippen LogP contribution is -2.04. The Bertz CT molecular complexity index is 2770. The van der Waals surface area contributed by atoms with E-state index in [1.807, 2.05) is 42.5 Å². The Morgan fingerprint density at radius 3 is 1.57 bits per heavy atom. The van der Waals surface area contributed by atoms with Gasteiger partial charge in [0, 0.05) is 76.6 Å². The standard InChI is InChI=1S/C23H16ClF2N3O.C23H14ClF2N3O/c2*24-19-4-1-15(14-7-9-27-10-8-14)11-18(19)23(30)16-2-6-22(28-13-16)29-21-5-3-17(25)12-20(21)26/h1-13,23,30H,(H,28,29);1-13H,(H,28,29). The van der Waals surface area contributed by atoms with Gasteiger partial charge in [0.15, 0.2) is 5.78 Å². The van der Waals surface area contributed by atoms with E-state index in [1.54, 1.807) is 61.2 Å². The van der Waals surface area contributed by atoms with Crippen LogP contribution < -0.4 is 10.6 Å². The van der Waals surface area contributed by atoms with Crippen LogP contribution in [0.15, 0.2) is 159 Å². The number of carbonyl (C=O) groups excluding carboxylic acids is 1. The first kappa shape index (κ1) is 41.2. The minimum absolute atomic E-state index is 0.0797. The molecule has 0 radical (unpaired) electrons. The summed E-state index contributed by atoms with van der Waals surface area (Å²) in [5, 5.41) is 17.1. The summed E-state index contributed by atoms with van der Waals surface area (Å²) in [5.41, 5.74) is 5.52. The maximum absolute atomic E-state index is 13.8. The molecule has 1 unspecified atom stereocenters. The van der Waals surface area contributed by atoms with Gasteiger partial charge in [0.05, 0.1) is 16.4 Å². The van der Waals surface area contributed by atoms with Gasteiger partial charge < -0.3 is 15.7 Å². The third kappa shape index (κ3) is 9.99. The van der Waals surface area contributed by atoms with Crippen molar-refractivity contribution in [1.29, 1.82) is 0 Å². The van der Waals surface area contributed by atoms with Crippen LogP contribution in [-0.2, 0) is 0 Å². The lowest BCUT2D eigenvalue weighted by molar-refractivity contribution is 0.103. The Balaban J connectivity index is 0.000000181. The van der Waals surface area contributed by atoms with Crippen LogP contribution in [0.3, 0.4) is 0 Å². The van der Waals surface area contributed by atoms with Crippen LogP contribution in [-0.4, -0.2) is 30.8 Å². The van der Waals surface area contributed by atoms with E-state index in [9.17, 15) is 27.5 Å². The van der Waals surface area contributed by atoms with E-state index in [2.05, 4.69) is 30.6 Å². The van der Waals surface area contributed by atoms with Crippen molar-refractivity contribution in [3.8, 4) is 22.3 Å². The van der Waals surface area contributed by atoms with Gasteiger partial charge in [0.2, 0.25) is 0 Å². The summed E-state index contributed by atoms with van der Waals surface area (Å²) < 4.78 is 53.6. The number of rotatable bonds is 10. The summed E-state index contributed by atoms with van der Waals surface area (Å²) in [7, 11) is 0. The fourth-order valence-electron chi connectivity index (χ4n) is 5.94. The minimum atomic E-state index is -0.997. The van der Waals surface area contributed by atoms with Crippen molar-refractivity contribution < 1.29 is 27.5 Å². The molecular weight excluding hydrogens is 815 g/mol. The first-order valence-electron chi connectivity index (χ1n) is 18.0. The molecule has 4 aromatic carbocycles.